The van der Waals surface area contributed by atoms with Crippen LogP contribution in [-0.2, 0) is 9.59 Å². The van der Waals surface area contributed by atoms with Gasteiger partial charge in [0.05, 0.1) is 37.5 Å². The zero-order valence-corrected chi connectivity index (χ0v) is 17.8. The van der Waals surface area contributed by atoms with E-state index in [1.807, 2.05) is 13.8 Å². The largest absolute Gasteiger partial charge is 0.507 e. The molecule has 31 heavy (non-hydrogen) atoms. The molecule has 1 N–H and O–H groups in total. The van der Waals surface area contributed by atoms with E-state index in [-0.39, 0.29) is 16.9 Å². The van der Waals surface area contributed by atoms with Gasteiger partial charge in [0.1, 0.15) is 17.3 Å². The number of carbonyl (C=O) groups excluding carboxylic acids is 2. The monoisotopic (exact) mass is 429 g/mol. The van der Waals surface area contributed by atoms with Crippen molar-refractivity contribution in [2.45, 2.75) is 19.9 Å². The number of rotatable bonds is 7. The molecule has 8 heteroatoms. The van der Waals surface area contributed by atoms with Gasteiger partial charge in [0.2, 0.25) is 0 Å². The Morgan fingerprint density at radius 1 is 1.03 bits per heavy atom. The van der Waals surface area contributed by atoms with Crippen LogP contribution in [0.3, 0.4) is 0 Å². The molecule has 0 radical (unpaired) electrons. The summed E-state index contributed by atoms with van der Waals surface area (Å²) in [4.78, 5) is 26.5. The molecule has 1 aliphatic rings. The first-order valence-electron chi connectivity index (χ1n) is 9.82. The molecule has 2 aromatic carbocycles. The van der Waals surface area contributed by atoms with E-state index in [9.17, 15) is 19.1 Å². The number of aliphatic hydroxyl groups excluding tert-OH is 1. The summed E-state index contributed by atoms with van der Waals surface area (Å²) < 4.78 is 30.3. The van der Waals surface area contributed by atoms with Crippen molar-refractivity contribution in [1.82, 2.24) is 4.90 Å². The molecule has 1 heterocycles. The van der Waals surface area contributed by atoms with Gasteiger partial charge >= 0.3 is 0 Å². The van der Waals surface area contributed by atoms with Gasteiger partial charge in [-0.3, -0.25) is 9.59 Å². The van der Waals surface area contributed by atoms with Crippen LogP contribution >= 0.6 is 0 Å². The number of amides is 1. The Hall–Kier alpha value is -3.55. The molecule has 0 bridgehead atoms. The first-order valence-corrected chi connectivity index (χ1v) is 9.82. The fourth-order valence-corrected chi connectivity index (χ4v) is 3.59. The van der Waals surface area contributed by atoms with Crippen molar-refractivity contribution < 1.29 is 33.3 Å². The van der Waals surface area contributed by atoms with Crippen LogP contribution in [0, 0.1) is 5.82 Å². The summed E-state index contributed by atoms with van der Waals surface area (Å²) in [6, 6.07) is 7.70. The minimum atomic E-state index is -0.900. The minimum Gasteiger partial charge on any atom is -0.507 e. The van der Waals surface area contributed by atoms with E-state index in [1.165, 1.54) is 31.2 Å². The van der Waals surface area contributed by atoms with E-state index in [0.29, 0.717) is 30.3 Å². The molecule has 0 aromatic heterocycles. The summed E-state index contributed by atoms with van der Waals surface area (Å²) >= 11 is 0. The molecule has 3 rings (SSSR count). The molecule has 1 fully saturated rings. The number of likely N-dealkylation sites (N-methyl/N-ethyl adjacent to an activating group) is 1. The summed E-state index contributed by atoms with van der Waals surface area (Å²) in [5.41, 5.74) is 0.350. The molecule has 1 atom stereocenters. The van der Waals surface area contributed by atoms with Crippen molar-refractivity contribution >= 4 is 17.4 Å². The highest BCUT2D eigenvalue weighted by Crippen LogP contribution is 2.42. The number of nitrogens with zero attached hydrogens (tertiary/aromatic N) is 1. The Morgan fingerprint density at radius 2 is 1.68 bits per heavy atom. The lowest BCUT2D eigenvalue weighted by molar-refractivity contribution is -0.139. The highest BCUT2D eigenvalue weighted by Gasteiger charge is 2.44. The van der Waals surface area contributed by atoms with Crippen molar-refractivity contribution in [1.29, 1.82) is 0 Å². The third kappa shape index (κ3) is 4.05. The molecular formula is C23H24FNO6. The molecule has 0 aliphatic carbocycles. The summed E-state index contributed by atoms with van der Waals surface area (Å²) in [5.74, 6) is -1.66. The van der Waals surface area contributed by atoms with Crippen LogP contribution < -0.4 is 14.2 Å². The SMILES string of the molecule is CCOc1ccc(C2/C(=C(\O)c3cc(F)ccc3OC)C(=O)C(=O)N2C)cc1OCC. The van der Waals surface area contributed by atoms with Crippen LogP contribution in [0.15, 0.2) is 42.0 Å². The van der Waals surface area contributed by atoms with Gasteiger partial charge in [-0.05, 0) is 49.7 Å². The maximum atomic E-state index is 13.9. The van der Waals surface area contributed by atoms with Crippen LogP contribution in [0.2, 0.25) is 0 Å². The Balaban J connectivity index is 2.20. The minimum absolute atomic E-state index is 0.0186. The van der Waals surface area contributed by atoms with Gasteiger partial charge in [0, 0.05) is 7.05 Å². The molecule has 2 aromatic rings. The first kappa shape index (κ1) is 22.1. The molecule has 0 spiro atoms. The number of ether oxygens (including phenoxy) is 3. The fourth-order valence-electron chi connectivity index (χ4n) is 3.59. The van der Waals surface area contributed by atoms with Gasteiger partial charge in [-0.25, -0.2) is 4.39 Å². The zero-order valence-electron chi connectivity index (χ0n) is 17.8. The number of carbonyl (C=O) groups is 2. The molecule has 7 nitrogen and oxygen atoms in total. The normalized spacial score (nSPS) is 17.7. The van der Waals surface area contributed by atoms with Crippen molar-refractivity contribution in [2.24, 2.45) is 0 Å². The number of Topliss-reactive ketones (excluding diaryl/α,β-unsaturated/α-hetero) is 1. The lowest BCUT2D eigenvalue weighted by atomic mass is 9.94. The zero-order chi connectivity index (χ0) is 22.7. The van der Waals surface area contributed by atoms with Gasteiger partial charge in [-0.1, -0.05) is 6.07 Å². The quantitative estimate of drug-likeness (QED) is 0.411. The van der Waals surface area contributed by atoms with Gasteiger partial charge in [-0.15, -0.1) is 0 Å². The second-order valence-electron chi connectivity index (χ2n) is 6.83. The van der Waals surface area contributed by atoms with E-state index >= 15 is 0 Å². The summed E-state index contributed by atoms with van der Waals surface area (Å²) in [7, 11) is 2.82. The van der Waals surface area contributed by atoms with Crippen molar-refractivity contribution in [3.8, 4) is 17.2 Å². The number of benzene rings is 2. The predicted octanol–water partition coefficient (Wildman–Crippen LogP) is 3.68. The van der Waals surface area contributed by atoms with Crippen LogP contribution in [0.5, 0.6) is 17.2 Å². The van der Waals surface area contributed by atoms with Crippen LogP contribution in [0.1, 0.15) is 31.0 Å². The molecule has 1 saturated heterocycles. The molecular weight excluding hydrogens is 405 g/mol. The highest BCUT2D eigenvalue weighted by molar-refractivity contribution is 6.46. The lowest BCUT2D eigenvalue weighted by Gasteiger charge is -2.22. The summed E-state index contributed by atoms with van der Waals surface area (Å²) in [6.07, 6.45) is 0. The maximum absolute atomic E-state index is 13.9. The lowest BCUT2D eigenvalue weighted by Crippen LogP contribution is -2.24. The first-order chi connectivity index (χ1) is 14.8. The third-order valence-corrected chi connectivity index (χ3v) is 4.97. The number of methoxy groups -OCH3 is 1. The number of ketones is 1. The molecule has 164 valence electrons. The van der Waals surface area contributed by atoms with E-state index in [1.54, 1.807) is 18.2 Å². The molecule has 0 saturated carbocycles. The average Bonchev–Trinajstić information content (AvgIpc) is 2.98. The second kappa shape index (κ2) is 9.07. The molecule has 1 aliphatic heterocycles. The van der Waals surface area contributed by atoms with Crippen LogP contribution in [0.25, 0.3) is 5.76 Å². The van der Waals surface area contributed by atoms with Crippen LogP contribution in [-0.4, -0.2) is 49.1 Å². The number of halogens is 1. The standard InChI is InChI=1S/C23H24FNO6/c1-5-30-17-9-7-13(11-18(17)31-6-2)20-19(22(27)23(28)25(20)3)21(26)15-12-14(24)8-10-16(15)29-4/h7-12,20,26H,5-6H2,1-4H3/b21-19+. The summed E-state index contributed by atoms with van der Waals surface area (Å²) in [5, 5.41) is 11.0. The van der Waals surface area contributed by atoms with E-state index < -0.39 is 29.3 Å². The summed E-state index contributed by atoms with van der Waals surface area (Å²) in [6.45, 7) is 4.49. The Labute approximate surface area is 179 Å². The number of hydrogen-bond donors (Lipinski definition) is 1. The average molecular weight is 429 g/mol. The van der Waals surface area contributed by atoms with Gasteiger partial charge < -0.3 is 24.2 Å². The van der Waals surface area contributed by atoms with Crippen molar-refractivity contribution in [2.75, 3.05) is 27.4 Å². The van der Waals surface area contributed by atoms with Crippen molar-refractivity contribution in [3.63, 3.8) is 0 Å². The second-order valence-corrected chi connectivity index (χ2v) is 6.83. The maximum Gasteiger partial charge on any atom is 0.295 e. The number of likely N-dealkylation sites (tertiary alicyclic amines) is 1. The third-order valence-electron chi connectivity index (χ3n) is 4.97. The number of aliphatic hydroxyl groups is 1. The topological polar surface area (TPSA) is 85.3 Å². The van der Waals surface area contributed by atoms with Gasteiger partial charge in [0.15, 0.2) is 11.5 Å². The number of hydrogen-bond acceptors (Lipinski definition) is 6. The molecule has 1 unspecified atom stereocenters. The Kier molecular flexibility index (Phi) is 6.48. The van der Waals surface area contributed by atoms with E-state index in [2.05, 4.69) is 0 Å². The predicted molar refractivity (Wildman–Crippen MR) is 112 cm³/mol. The van der Waals surface area contributed by atoms with Crippen molar-refractivity contribution in [3.05, 3.63) is 58.9 Å². The van der Waals surface area contributed by atoms with E-state index in [0.717, 1.165) is 6.07 Å². The Bertz CT molecular complexity index is 1050. The van der Waals surface area contributed by atoms with Gasteiger partial charge in [-0.2, -0.15) is 0 Å². The molecule has 1 amide bonds. The smallest absolute Gasteiger partial charge is 0.295 e. The Morgan fingerprint density at radius 3 is 2.32 bits per heavy atom. The fraction of sp³-hybridized carbons (Fsp3) is 0.304. The van der Waals surface area contributed by atoms with Gasteiger partial charge in [0.25, 0.3) is 11.7 Å². The van der Waals surface area contributed by atoms with Crippen LogP contribution in [0.4, 0.5) is 4.39 Å². The highest BCUT2D eigenvalue weighted by atomic mass is 19.1. The van der Waals surface area contributed by atoms with E-state index in [4.69, 9.17) is 14.2 Å².